The summed E-state index contributed by atoms with van der Waals surface area (Å²) >= 11 is 0. The SMILES string of the molecule is CC1(C)O[C@H]([C@@H]2OC(C)(C)O[C@H]2C(=O)OCc2ccccc2)[C@@H](CO)O1. The van der Waals surface area contributed by atoms with Gasteiger partial charge in [-0.05, 0) is 33.3 Å². The van der Waals surface area contributed by atoms with Gasteiger partial charge in [-0.15, -0.1) is 0 Å². The molecule has 0 spiro atoms. The molecule has 26 heavy (non-hydrogen) atoms. The van der Waals surface area contributed by atoms with Gasteiger partial charge in [-0.25, -0.2) is 4.79 Å². The van der Waals surface area contributed by atoms with E-state index in [9.17, 15) is 9.90 Å². The Labute approximate surface area is 153 Å². The molecule has 1 aromatic carbocycles. The van der Waals surface area contributed by atoms with Gasteiger partial charge in [-0.2, -0.15) is 0 Å². The number of esters is 1. The van der Waals surface area contributed by atoms with Crippen molar-refractivity contribution in [1.82, 2.24) is 0 Å². The Morgan fingerprint density at radius 3 is 2.27 bits per heavy atom. The molecule has 4 atom stereocenters. The Kier molecular flexibility index (Phi) is 5.37. The summed E-state index contributed by atoms with van der Waals surface area (Å²) in [5, 5.41) is 9.62. The van der Waals surface area contributed by atoms with Crippen LogP contribution >= 0.6 is 0 Å². The Morgan fingerprint density at radius 2 is 1.62 bits per heavy atom. The second kappa shape index (κ2) is 7.25. The third-order valence-corrected chi connectivity index (χ3v) is 4.31. The molecule has 3 rings (SSSR count). The number of hydrogen-bond donors (Lipinski definition) is 1. The van der Waals surface area contributed by atoms with Crippen LogP contribution in [0, 0.1) is 0 Å². The molecule has 2 aliphatic heterocycles. The van der Waals surface area contributed by atoms with Crippen molar-refractivity contribution in [1.29, 1.82) is 0 Å². The van der Waals surface area contributed by atoms with Crippen LogP contribution < -0.4 is 0 Å². The number of ether oxygens (including phenoxy) is 5. The minimum absolute atomic E-state index is 0.142. The standard InChI is InChI=1S/C19H26O7/c1-18(2)23-13(10-20)14(24-18)15-16(26-19(3,4)25-15)17(21)22-11-12-8-6-5-7-9-12/h5-9,13-16,20H,10-11H2,1-4H3/t13-,14+,15+,16-/m1/s1. The lowest BCUT2D eigenvalue weighted by atomic mass is 10.0. The minimum Gasteiger partial charge on any atom is -0.459 e. The van der Waals surface area contributed by atoms with E-state index in [-0.39, 0.29) is 13.2 Å². The third-order valence-electron chi connectivity index (χ3n) is 4.31. The highest BCUT2D eigenvalue weighted by Crippen LogP contribution is 2.38. The molecule has 2 fully saturated rings. The lowest BCUT2D eigenvalue weighted by Gasteiger charge is -2.24. The predicted molar refractivity (Wildman–Crippen MR) is 91.0 cm³/mol. The largest absolute Gasteiger partial charge is 0.459 e. The highest BCUT2D eigenvalue weighted by atomic mass is 16.8. The maximum atomic E-state index is 12.6. The maximum absolute atomic E-state index is 12.6. The van der Waals surface area contributed by atoms with Crippen molar-refractivity contribution >= 4 is 5.97 Å². The van der Waals surface area contributed by atoms with Gasteiger partial charge in [0.2, 0.25) is 0 Å². The van der Waals surface area contributed by atoms with Gasteiger partial charge in [0.1, 0.15) is 24.9 Å². The first kappa shape index (κ1) is 19.3. The fourth-order valence-corrected chi connectivity index (χ4v) is 3.31. The molecule has 0 aliphatic carbocycles. The summed E-state index contributed by atoms with van der Waals surface area (Å²) in [5.74, 6) is -2.39. The van der Waals surface area contributed by atoms with Gasteiger partial charge in [0.15, 0.2) is 17.7 Å². The van der Waals surface area contributed by atoms with Gasteiger partial charge in [-0.3, -0.25) is 0 Å². The van der Waals surface area contributed by atoms with Gasteiger partial charge in [0.25, 0.3) is 0 Å². The average Bonchev–Trinajstić information content (AvgIpc) is 3.08. The van der Waals surface area contributed by atoms with E-state index >= 15 is 0 Å². The monoisotopic (exact) mass is 366 g/mol. The third kappa shape index (κ3) is 4.24. The molecule has 7 heteroatoms. The second-order valence-corrected chi connectivity index (χ2v) is 7.44. The molecule has 2 saturated heterocycles. The molecule has 0 unspecified atom stereocenters. The highest BCUT2D eigenvalue weighted by molar-refractivity contribution is 5.76. The molecule has 0 saturated carbocycles. The molecule has 7 nitrogen and oxygen atoms in total. The van der Waals surface area contributed by atoms with Crippen LogP contribution in [0.25, 0.3) is 0 Å². The lowest BCUT2D eigenvalue weighted by Crippen LogP contribution is -2.46. The molecule has 0 radical (unpaired) electrons. The number of aliphatic hydroxyl groups excluding tert-OH is 1. The van der Waals surface area contributed by atoms with Crippen LogP contribution in [0.4, 0.5) is 0 Å². The van der Waals surface area contributed by atoms with Crippen LogP contribution in [0.2, 0.25) is 0 Å². The fourth-order valence-electron chi connectivity index (χ4n) is 3.31. The van der Waals surface area contributed by atoms with E-state index in [0.29, 0.717) is 0 Å². The van der Waals surface area contributed by atoms with E-state index in [1.165, 1.54) is 0 Å². The van der Waals surface area contributed by atoms with E-state index in [0.717, 1.165) is 5.56 Å². The average molecular weight is 366 g/mol. The number of carbonyl (C=O) groups is 1. The maximum Gasteiger partial charge on any atom is 0.338 e. The van der Waals surface area contributed by atoms with E-state index in [1.54, 1.807) is 27.7 Å². The van der Waals surface area contributed by atoms with E-state index in [1.807, 2.05) is 30.3 Å². The van der Waals surface area contributed by atoms with Crippen LogP contribution in [-0.2, 0) is 35.1 Å². The quantitative estimate of drug-likeness (QED) is 0.795. The summed E-state index contributed by atoms with van der Waals surface area (Å²) in [6.45, 7) is 6.83. The van der Waals surface area contributed by atoms with Crippen molar-refractivity contribution in [3.63, 3.8) is 0 Å². The number of rotatable bonds is 5. The Hall–Kier alpha value is -1.51. The fraction of sp³-hybridized carbons (Fsp3) is 0.632. The zero-order valence-corrected chi connectivity index (χ0v) is 15.5. The van der Waals surface area contributed by atoms with E-state index < -0.39 is 42.0 Å². The van der Waals surface area contributed by atoms with Crippen LogP contribution in [0.5, 0.6) is 0 Å². The Morgan fingerprint density at radius 1 is 1.00 bits per heavy atom. The van der Waals surface area contributed by atoms with Crippen molar-refractivity contribution in [2.45, 2.75) is 70.3 Å². The van der Waals surface area contributed by atoms with Crippen molar-refractivity contribution in [2.24, 2.45) is 0 Å². The van der Waals surface area contributed by atoms with Crippen molar-refractivity contribution in [3.05, 3.63) is 35.9 Å². The first-order valence-electron chi connectivity index (χ1n) is 8.73. The molecular weight excluding hydrogens is 340 g/mol. The van der Waals surface area contributed by atoms with Crippen LogP contribution in [0.1, 0.15) is 33.3 Å². The summed E-state index contributed by atoms with van der Waals surface area (Å²) < 4.78 is 28.7. The summed E-state index contributed by atoms with van der Waals surface area (Å²) in [4.78, 5) is 12.6. The van der Waals surface area contributed by atoms with Gasteiger partial charge in [0, 0.05) is 0 Å². The van der Waals surface area contributed by atoms with E-state index in [2.05, 4.69) is 0 Å². The highest BCUT2D eigenvalue weighted by Gasteiger charge is 2.56. The number of carbonyl (C=O) groups excluding carboxylic acids is 1. The number of benzene rings is 1. The number of hydrogen-bond acceptors (Lipinski definition) is 7. The van der Waals surface area contributed by atoms with Gasteiger partial charge >= 0.3 is 5.97 Å². The molecule has 144 valence electrons. The van der Waals surface area contributed by atoms with Gasteiger partial charge < -0.3 is 28.8 Å². The molecule has 1 N–H and O–H groups in total. The Balaban J connectivity index is 1.72. The summed E-state index contributed by atoms with van der Waals surface area (Å²) in [7, 11) is 0. The summed E-state index contributed by atoms with van der Waals surface area (Å²) in [5.41, 5.74) is 0.880. The molecule has 0 amide bonds. The number of aliphatic hydroxyl groups is 1. The van der Waals surface area contributed by atoms with Crippen molar-refractivity contribution in [2.75, 3.05) is 6.61 Å². The molecule has 2 heterocycles. The smallest absolute Gasteiger partial charge is 0.338 e. The first-order valence-corrected chi connectivity index (χ1v) is 8.73. The first-order chi connectivity index (χ1) is 12.2. The molecule has 0 bridgehead atoms. The zero-order chi connectivity index (χ0) is 18.9. The molecular formula is C19H26O7. The minimum atomic E-state index is -0.975. The summed E-state index contributed by atoms with van der Waals surface area (Å²) in [6, 6.07) is 9.40. The van der Waals surface area contributed by atoms with Crippen LogP contribution in [0.15, 0.2) is 30.3 Å². The lowest BCUT2D eigenvalue weighted by molar-refractivity contribution is -0.176. The zero-order valence-electron chi connectivity index (χ0n) is 15.5. The molecule has 2 aliphatic rings. The van der Waals surface area contributed by atoms with Crippen molar-refractivity contribution in [3.8, 4) is 0 Å². The van der Waals surface area contributed by atoms with Gasteiger partial charge in [0.05, 0.1) is 6.61 Å². The molecule has 0 aromatic heterocycles. The topological polar surface area (TPSA) is 83.5 Å². The van der Waals surface area contributed by atoms with Crippen LogP contribution in [-0.4, -0.2) is 53.7 Å². The second-order valence-electron chi connectivity index (χ2n) is 7.44. The Bertz CT molecular complexity index is 628. The predicted octanol–water partition coefficient (Wildman–Crippen LogP) is 1.76. The van der Waals surface area contributed by atoms with E-state index in [4.69, 9.17) is 23.7 Å². The normalized spacial score (nSPS) is 32.5. The van der Waals surface area contributed by atoms with Crippen LogP contribution in [0.3, 0.4) is 0 Å². The molecule has 1 aromatic rings. The van der Waals surface area contributed by atoms with Crippen molar-refractivity contribution < 1.29 is 33.6 Å². The van der Waals surface area contributed by atoms with Gasteiger partial charge in [-0.1, -0.05) is 30.3 Å². The summed E-state index contributed by atoms with van der Waals surface area (Å²) in [6.07, 6.45) is -2.97.